The van der Waals surface area contributed by atoms with Crippen LogP contribution in [0.15, 0.2) is 0 Å². The van der Waals surface area contributed by atoms with Crippen molar-refractivity contribution in [3.05, 3.63) is 0 Å². The predicted octanol–water partition coefficient (Wildman–Crippen LogP) is -0.738. The van der Waals surface area contributed by atoms with Crippen LogP contribution >= 0.6 is 0 Å². The molecule has 0 aromatic heterocycles. The summed E-state index contributed by atoms with van der Waals surface area (Å²) >= 11 is 0. The van der Waals surface area contributed by atoms with E-state index in [9.17, 15) is 8.42 Å². The second kappa shape index (κ2) is 4.79. The summed E-state index contributed by atoms with van der Waals surface area (Å²) < 4.78 is 33.9. The number of rotatable bonds is 2. The molecule has 4 nitrogen and oxygen atoms in total. The monoisotopic (exact) mass is 190 g/mol. The maximum absolute atomic E-state index is 10.3. The molecule has 11 heavy (non-hydrogen) atoms. The molecule has 0 saturated carbocycles. The van der Waals surface area contributed by atoms with E-state index in [1.807, 2.05) is 0 Å². The molecule has 0 amide bonds. The molecule has 1 heterocycles. The Morgan fingerprint density at radius 1 is 1.55 bits per heavy atom. The summed E-state index contributed by atoms with van der Waals surface area (Å²) in [6.45, 7) is 1.07. The standard InChI is InChI=1S/C5H10O4S.Na.H/c6-10(7,8)4-5-1-2-9-3-5;;/h5H,1-4H2,(H,6,7,8);;. The molecular weight excluding hydrogens is 179 g/mol. The van der Waals surface area contributed by atoms with E-state index in [1.165, 1.54) is 0 Å². The van der Waals surface area contributed by atoms with E-state index in [0.29, 0.717) is 13.2 Å². The molecule has 1 atom stereocenters. The molecule has 1 unspecified atom stereocenters. The van der Waals surface area contributed by atoms with Gasteiger partial charge in [-0.2, -0.15) is 8.42 Å². The van der Waals surface area contributed by atoms with Gasteiger partial charge in [0.2, 0.25) is 0 Å². The first kappa shape index (κ1) is 11.9. The molecule has 1 N–H and O–H groups in total. The molecular formula is C5H11NaO4S. The van der Waals surface area contributed by atoms with Crippen molar-refractivity contribution in [2.45, 2.75) is 6.42 Å². The van der Waals surface area contributed by atoms with Crippen LogP contribution in [0, 0.1) is 5.92 Å². The summed E-state index contributed by atoms with van der Waals surface area (Å²) in [5.41, 5.74) is 0. The van der Waals surface area contributed by atoms with Crippen LogP contribution in [0.25, 0.3) is 0 Å². The Hall–Kier alpha value is 0.870. The molecule has 0 spiro atoms. The van der Waals surface area contributed by atoms with Gasteiger partial charge < -0.3 is 4.74 Å². The summed E-state index contributed by atoms with van der Waals surface area (Å²) in [5.74, 6) is -0.164. The van der Waals surface area contributed by atoms with Crippen LogP contribution in [0.1, 0.15) is 6.42 Å². The van der Waals surface area contributed by atoms with Crippen LogP contribution in [0.2, 0.25) is 0 Å². The minimum absolute atomic E-state index is 0. The van der Waals surface area contributed by atoms with Gasteiger partial charge in [-0.1, -0.05) is 0 Å². The fourth-order valence-electron chi connectivity index (χ4n) is 1.01. The van der Waals surface area contributed by atoms with E-state index in [0.717, 1.165) is 6.42 Å². The van der Waals surface area contributed by atoms with E-state index in [4.69, 9.17) is 9.29 Å². The quantitative estimate of drug-likeness (QED) is 0.460. The zero-order valence-corrected chi connectivity index (χ0v) is 6.30. The first-order valence-electron chi connectivity index (χ1n) is 3.11. The van der Waals surface area contributed by atoms with Crippen LogP contribution in [0.5, 0.6) is 0 Å². The van der Waals surface area contributed by atoms with E-state index < -0.39 is 10.1 Å². The van der Waals surface area contributed by atoms with Crippen molar-refractivity contribution in [3.63, 3.8) is 0 Å². The normalized spacial score (nSPS) is 24.6. The van der Waals surface area contributed by atoms with Gasteiger partial charge in [-0.25, -0.2) is 0 Å². The van der Waals surface area contributed by atoms with Crippen molar-refractivity contribution in [1.29, 1.82) is 0 Å². The van der Waals surface area contributed by atoms with Gasteiger partial charge >= 0.3 is 29.6 Å². The molecule has 1 aliphatic heterocycles. The Bertz CT molecular complexity index is 195. The molecule has 0 aromatic carbocycles. The van der Waals surface area contributed by atoms with Crippen molar-refractivity contribution in [3.8, 4) is 0 Å². The second-order valence-electron chi connectivity index (χ2n) is 2.48. The van der Waals surface area contributed by atoms with Crippen molar-refractivity contribution < 1.29 is 17.7 Å². The van der Waals surface area contributed by atoms with Gasteiger partial charge in [0.05, 0.1) is 12.4 Å². The van der Waals surface area contributed by atoms with Gasteiger partial charge in [0.1, 0.15) is 0 Å². The van der Waals surface area contributed by atoms with Crippen LogP contribution in [0.4, 0.5) is 0 Å². The zero-order chi connectivity index (χ0) is 7.61. The SMILES string of the molecule is O=S(=O)(O)CC1CCOC1.[NaH]. The van der Waals surface area contributed by atoms with Crippen molar-refractivity contribution in [2.24, 2.45) is 5.92 Å². The van der Waals surface area contributed by atoms with Gasteiger partial charge in [-0.05, 0) is 6.42 Å². The first-order valence-corrected chi connectivity index (χ1v) is 4.72. The third-order valence-corrected chi connectivity index (χ3v) is 2.36. The Labute approximate surface area is 88.3 Å². The van der Waals surface area contributed by atoms with Gasteiger partial charge in [0.15, 0.2) is 0 Å². The van der Waals surface area contributed by atoms with Crippen LogP contribution < -0.4 is 0 Å². The third kappa shape index (κ3) is 5.16. The molecule has 0 bridgehead atoms. The predicted molar refractivity (Wildman–Crippen MR) is 42.5 cm³/mol. The molecule has 62 valence electrons. The number of hydrogen-bond donors (Lipinski definition) is 1. The summed E-state index contributed by atoms with van der Waals surface area (Å²) in [6, 6.07) is 0. The van der Waals surface area contributed by atoms with Gasteiger partial charge in [-0.15, -0.1) is 0 Å². The summed E-state index contributed by atoms with van der Waals surface area (Å²) in [6.07, 6.45) is 0.736. The molecule has 6 heteroatoms. The number of hydrogen-bond acceptors (Lipinski definition) is 3. The van der Waals surface area contributed by atoms with E-state index in [-0.39, 0.29) is 41.2 Å². The van der Waals surface area contributed by atoms with Crippen molar-refractivity contribution in [1.82, 2.24) is 0 Å². The fourth-order valence-corrected chi connectivity index (χ4v) is 1.87. The first-order chi connectivity index (χ1) is 4.58. The van der Waals surface area contributed by atoms with Crippen LogP contribution in [-0.4, -0.2) is 61.5 Å². The molecule has 1 aliphatic rings. The van der Waals surface area contributed by atoms with Crippen molar-refractivity contribution >= 4 is 39.7 Å². The average molecular weight is 190 g/mol. The van der Waals surface area contributed by atoms with Gasteiger partial charge in [-0.3, -0.25) is 4.55 Å². The maximum atomic E-state index is 10.3. The molecule has 1 rings (SSSR count). The molecule has 0 radical (unpaired) electrons. The summed E-state index contributed by atoms with van der Waals surface area (Å²) in [7, 11) is -3.79. The topological polar surface area (TPSA) is 63.6 Å². The van der Waals surface area contributed by atoms with Crippen molar-refractivity contribution in [2.75, 3.05) is 19.0 Å². The fraction of sp³-hybridized carbons (Fsp3) is 1.00. The minimum atomic E-state index is -3.79. The zero-order valence-electron chi connectivity index (χ0n) is 5.49. The summed E-state index contributed by atoms with van der Waals surface area (Å²) in [5, 5.41) is 0. The Balaban J connectivity index is 0.000001000. The number of ether oxygens (including phenoxy) is 1. The third-order valence-electron chi connectivity index (χ3n) is 1.47. The van der Waals surface area contributed by atoms with Gasteiger partial charge in [0.25, 0.3) is 10.1 Å². The van der Waals surface area contributed by atoms with Crippen LogP contribution in [-0.2, 0) is 14.9 Å². The van der Waals surface area contributed by atoms with Gasteiger partial charge in [0, 0.05) is 12.5 Å². The Morgan fingerprint density at radius 2 is 2.18 bits per heavy atom. The van der Waals surface area contributed by atoms with E-state index >= 15 is 0 Å². The Morgan fingerprint density at radius 3 is 2.55 bits per heavy atom. The molecule has 0 aromatic rings. The van der Waals surface area contributed by atoms with Crippen LogP contribution in [0.3, 0.4) is 0 Å². The molecule has 0 aliphatic carbocycles. The van der Waals surface area contributed by atoms with E-state index in [2.05, 4.69) is 0 Å². The summed E-state index contributed by atoms with van der Waals surface area (Å²) in [4.78, 5) is 0. The average Bonchev–Trinajstić information content (AvgIpc) is 2.12. The Kier molecular flexibility index (Phi) is 5.17. The molecule has 1 fully saturated rings. The van der Waals surface area contributed by atoms with E-state index in [1.54, 1.807) is 0 Å². The second-order valence-corrected chi connectivity index (χ2v) is 3.98. The molecule has 1 saturated heterocycles.